The molecule has 2 saturated heterocycles. The molecule has 0 unspecified atom stereocenters. The van der Waals surface area contributed by atoms with Crippen molar-refractivity contribution in [3.8, 4) is 0 Å². The number of rotatable bonds is 3. The molecule has 2 aliphatic heterocycles. The van der Waals surface area contributed by atoms with Gasteiger partial charge in [-0.15, -0.1) is 0 Å². The number of thiocarbonyl (C=S) groups is 1. The van der Waals surface area contributed by atoms with Gasteiger partial charge in [0.2, 0.25) is 11.8 Å². The summed E-state index contributed by atoms with van der Waals surface area (Å²) in [7, 11) is 0. The number of morpholine rings is 1. The quantitative estimate of drug-likeness (QED) is 0.325. The summed E-state index contributed by atoms with van der Waals surface area (Å²) in [6.07, 6.45) is 0.144. The summed E-state index contributed by atoms with van der Waals surface area (Å²) >= 11 is 6.70. The molecule has 0 saturated carbocycles. The molecule has 1 aromatic carbocycles. The highest BCUT2D eigenvalue weighted by atomic mass is 32.2. The van der Waals surface area contributed by atoms with Gasteiger partial charge in [-0.25, -0.2) is 4.90 Å². The van der Waals surface area contributed by atoms with E-state index in [0.29, 0.717) is 23.1 Å². The highest BCUT2D eigenvalue weighted by Crippen LogP contribution is 2.32. The Kier molecular flexibility index (Phi) is 5.78. The molecule has 1 aromatic rings. The summed E-state index contributed by atoms with van der Waals surface area (Å²) in [6, 6.07) is 5.37. The molecule has 27 heavy (non-hydrogen) atoms. The SMILES string of the molecule is C[C@@H]1CN(C(=S)S[C@H]2CC(=O)N(c3ccc([N+](=O)[O-])cc3)C2=O)C[C@H](C)O1. The largest absolute Gasteiger partial charge is 0.372 e. The number of ether oxygens (including phenoxy) is 1. The first-order chi connectivity index (χ1) is 12.8. The van der Waals surface area contributed by atoms with E-state index < -0.39 is 10.2 Å². The summed E-state index contributed by atoms with van der Waals surface area (Å²) < 4.78 is 6.27. The number of hydrogen-bond acceptors (Lipinski definition) is 7. The van der Waals surface area contributed by atoms with Gasteiger partial charge in [-0.05, 0) is 26.0 Å². The smallest absolute Gasteiger partial charge is 0.269 e. The van der Waals surface area contributed by atoms with Crippen LogP contribution < -0.4 is 4.90 Å². The Balaban J connectivity index is 1.68. The molecule has 3 atom stereocenters. The number of thioether (sulfide) groups is 1. The van der Waals surface area contributed by atoms with Crippen molar-refractivity contribution in [2.75, 3.05) is 18.0 Å². The number of nitrogens with zero attached hydrogens (tertiary/aromatic N) is 3. The molecule has 3 rings (SSSR count). The lowest BCUT2D eigenvalue weighted by Gasteiger charge is -2.36. The van der Waals surface area contributed by atoms with Crippen LogP contribution >= 0.6 is 24.0 Å². The van der Waals surface area contributed by atoms with E-state index in [1.54, 1.807) is 0 Å². The van der Waals surface area contributed by atoms with Gasteiger partial charge in [0.15, 0.2) is 0 Å². The van der Waals surface area contributed by atoms with Crippen molar-refractivity contribution >= 4 is 51.5 Å². The van der Waals surface area contributed by atoms with Crippen LogP contribution in [-0.2, 0) is 14.3 Å². The number of imide groups is 1. The molecule has 10 heteroatoms. The van der Waals surface area contributed by atoms with Crippen molar-refractivity contribution in [1.82, 2.24) is 4.90 Å². The highest BCUT2D eigenvalue weighted by Gasteiger charge is 2.41. The third kappa shape index (κ3) is 4.28. The van der Waals surface area contributed by atoms with E-state index in [9.17, 15) is 19.7 Å². The Bertz CT molecular complexity index is 775. The van der Waals surface area contributed by atoms with Crippen molar-refractivity contribution in [1.29, 1.82) is 0 Å². The van der Waals surface area contributed by atoms with Crippen molar-refractivity contribution in [3.05, 3.63) is 34.4 Å². The standard InChI is InChI=1S/C17H19N3O5S2/c1-10-8-18(9-11(2)25-10)17(26)27-14-7-15(21)19(16(14)22)12-3-5-13(6-4-12)20(23)24/h3-6,10-11,14H,7-9H2,1-2H3/t10-,11+,14-/m0/s1. The summed E-state index contributed by atoms with van der Waals surface area (Å²) in [6.45, 7) is 5.24. The predicted octanol–water partition coefficient (Wildman–Crippen LogP) is 2.35. The minimum Gasteiger partial charge on any atom is -0.372 e. The third-order valence-corrected chi connectivity index (χ3v) is 6.00. The minimum atomic E-state index is -0.589. The molecule has 2 amide bonds. The average Bonchev–Trinajstić information content (AvgIpc) is 2.87. The van der Waals surface area contributed by atoms with Crippen LogP contribution in [0.1, 0.15) is 20.3 Å². The second-order valence-electron chi connectivity index (χ2n) is 6.58. The van der Waals surface area contributed by atoms with Crippen LogP contribution in [0.4, 0.5) is 11.4 Å². The van der Waals surface area contributed by atoms with Gasteiger partial charge in [-0.1, -0.05) is 24.0 Å². The monoisotopic (exact) mass is 409 g/mol. The molecule has 0 radical (unpaired) electrons. The van der Waals surface area contributed by atoms with Crippen LogP contribution in [0.5, 0.6) is 0 Å². The number of amides is 2. The Labute approximate surface area is 166 Å². The van der Waals surface area contributed by atoms with Gasteiger partial charge in [0, 0.05) is 31.6 Å². The molecule has 0 bridgehead atoms. The van der Waals surface area contributed by atoms with Gasteiger partial charge in [-0.3, -0.25) is 19.7 Å². The maximum absolute atomic E-state index is 12.7. The number of nitro benzene ring substituents is 1. The van der Waals surface area contributed by atoms with E-state index in [1.807, 2.05) is 18.7 Å². The number of carbonyl (C=O) groups excluding carboxylic acids is 2. The predicted molar refractivity (Wildman–Crippen MR) is 106 cm³/mol. The maximum atomic E-state index is 12.7. The number of benzene rings is 1. The normalized spacial score (nSPS) is 25.8. The second-order valence-corrected chi connectivity index (χ2v) is 8.42. The first-order valence-electron chi connectivity index (χ1n) is 8.48. The third-order valence-electron chi connectivity index (χ3n) is 4.34. The zero-order chi connectivity index (χ0) is 19.7. The summed E-state index contributed by atoms with van der Waals surface area (Å²) in [5, 5.41) is 10.2. The molecule has 2 aliphatic rings. The number of nitro groups is 1. The number of non-ortho nitro benzene ring substituents is 1. The fourth-order valence-corrected chi connectivity index (χ4v) is 4.69. The lowest BCUT2D eigenvalue weighted by Crippen LogP contribution is -2.47. The Morgan fingerprint density at radius 1 is 1.22 bits per heavy atom. The minimum absolute atomic E-state index is 0.0461. The zero-order valence-electron chi connectivity index (χ0n) is 14.9. The van der Waals surface area contributed by atoms with Crippen LogP contribution in [0, 0.1) is 10.1 Å². The highest BCUT2D eigenvalue weighted by molar-refractivity contribution is 8.23. The van der Waals surface area contributed by atoms with Gasteiger partial charge in [0.25, 0.3) is 5.69 Å². The Morgan fingerprint density at radius 2 is 1.81 bits per heavy atom. The fourth-order valence-electron chi connectivity index (χ4n) is 3.21. The van der Waals surface area contributed by atoms with Crippen molar-refractivity contribution < 1.29 is 19.2 Å². The summed E-state index contributed by atoms with van der Waals surface area (Å²) in [4.78, 5) is 38.4. The average molecular weight is 409 g/mol. The second kappa shape index (κ2) is 7.91. The van der Waals surface area contributed by atoms with Gasteiger partial charge >= 0.3 is 0 Å². The van der Waals surface area contributed by atoms with E-state index in [4.69, 9.17) is 17.0 Å². The lowest BCUT2D eigenvalue weighted by molar-refractivity contribution is -0.384. The van der Waals surface area contributed by atoms with Crippen molar-refractivity contribution in [2.45, 2.75) is 37.7 Å². The maximum Gasteiger partial charge on any atom is 0.269 e. The van der Waals surface area contributed by atoms with Gasteiger partial charge in [0.05, 0.1) is 22.8 Å². The molecule has 0 aromatic heterocycles. The molecule has 2 heterocycles. The number of anilines is 1. The first kappa shape index (κ1) is 19.7. The molecule has 144 valence electrons. The van der Waals surface area contributed by atoms with E-state index in [2.05, 4.69) is 0 Å². The Hall–Kier alpha value is -2.04. The van der Waals surface area contributed by atoms with E-state index in [1.165, 1.54) is 36.0 Å². The van der Waals surface area contributed by atoms with Crippen molar-refractivity contribution in [2.24, 2.45) is 0 Å². The zero-order valence-corrected chi connectivity index (χ0v) is 16.5. The molecule has 0 spiro atoms. The number of carbonyl (C=O) groups is 2. The molecular weight excluding hydrogens is 390 g/mol. The van der Waals surface area contributed by atoms with Crippen molar-refractivity contribution in [3.63, 3.8) is 0 Å². The van der Waals surface area contributed by atoms with E-state index >= 15 is 0 Å². The first-order valence-corrected chi connectivity index (χ1v) is 9.77. The molecule has 0 N–H and O–H groups in total. The topological polar surface area (TPSA) is 93.0 Å². The van der Waals surface area contributed by atoms with Crippen LogP contribution in [0.2, 0.25) is 0 Å². The Morgan fingerprint density at radius 3 is 2.37 bits per heavy atom. The molecular formula is C17H19N3O5S2. The van der Waals surface area contributed by atoms with Gasteiger partial charge in [-0.2, -0.15) is 0 Å². The van der Waals surface area contributed by atoms with E-state index in [0.717, 1.165) is 4.90 Å². The van der Waals surface area contributed by atoms with Crippen LogP contribution in [0.3, 0.4) is 0 Å². The molecule has 2 fully saturated rings. The molecule has 8 nitrogen and oxygen atoms in total. The van der Waals surface area contributed by atoms with E-state index in [-0.39, 0.29) is 36.1 Å². The van der Waals surface area contributed by atoms with Crippen LogP contribution in [0.15, 0.2) is 24.3 Å². The summed E-state index contributed by atoms with van der Waals surface area (Å²) in [5.41, 5.74) is 0.235. The summed E-state index contributed by atoms with van der Waals surface area (Å²) in [5.74, 6) is -0.687. The van der Waals surface area contributed by atoms with Gasteiger partial charge < -0.3 is 9.64 Å². The van der Waals surface area contributed by atoms with Crippen LogP contribution in [-0.4, -0.2) is 56.5 Å². The lowest BCUT2D eigenvalue weighted by atomic mass is 10.2. The fraction of sp³-hybridized carbons (Fsp3) is 0.471. The van der Waals surface area contributed by atoms with Crippen LogP contribution in [0.25, 0.3) is 0 Å². The van der Waals surface area contributed by atoms with Gasteiger partial charge in [0.1, 0.15) is 9.57 Å². The number of hydrogen-bond donors (Lipinski definition) is 0. The molecule has 0 aliphatic carbocycles.